The average Bonchev–Trinajstić information content (AvgIpc) is 2.51. The molecule has 0 radical (unpaired) electrons. The number of phenols is 1. The molecule has 22 heavy (non-hydrogen) atoms. The molecule has 0 fully saturated rings. The molecule has 5 heteroatoms. The number of aromatic hydroxyl groups is 1. The fourth-order valence-electron chi connectivity index (χ4n) is 2.17. The molecule has 0 unspecified atom stereocenters. The summed E-state index contributed by atoms with van der Waals surface area (Å²) in [5.41, 5.74) is 3.07. The van der Waals surface area contributed by atoms with Crippen LogP contribution in [0.5, 0.6) is 5.75 Å². The smallest absolute Gasteiger partial charge is 0.151 e. The largest absolute Gasteiger partial charge is 0.507 e. The van der Waals surface area contributed by atoms with E-state index in [1.807, 2.05) is 24.3 Å². The van der Waals surface area contributed by atoms with Crippen LogP contribution >= 0.6 is 0 Å². The van der Waals surface area contributed by atoms with E-state index in [-0.39, 0.29) is 11.4 Å². The number of hydrogen-bond donors (Lipinski definition) is 2. The Morgan fingerprint density at radius 1 is 1.00 bits per heavy atom. The van der Waals surface area contributed by atoms with E-state index >= 15 is 0 Å². The molecule has 3 nitrogen and oxygen atoms in total. The first-order chi connectivity index (χ1) is 10.6. The standard InChI is InChI=1S/C17H12F2N2O/c18-12-6-7-16(15(19)9-12)21-20-10-14-13-4-2-1-3-11(13)5-8-17(14)22/h1-10,21-22H. The van der Waals surface area contributed by atoms with E-state index in [4.69, 9.17) is 0 Å². The Morgan fingerprint density at radius 3 is 2.64 bits per heavy atom. The lowest BCUT2D eigenvalue weighted by Gasteiger charge is -2.05. The van der Waals surface area contributed by atoms with Gasteiger partial charge in [0.15, 0.2) is 5.82 Å². The molecule has 110 valence electrons. The van der Waals surface area contributed by atoms with E-state index in [1.165, 1.54) is 12.3 Å². The normalized spacial score (nSPS) is 11.2. The zero-order valence-electron chi connectivity index (χ0n) is 11.4. The molecule has 0 saturated carbocycles. The number of halogens is 2. The number of nitrogens with one attached hydrogen (secondary N) is 1. The van der Waals surface area contributed by atoms with Gasteiger partial charge in [0.2, 0.25) is 0 Å². The van der Waals surface area contributed by atoms with Gasteiger partial charge >= 0.3 is 0 Å². The molecule has 0 aliphatic carbocycles. The van der Waals surface area contributed by atoms with Crippen LogP contribution in [0, 0.1) is 11.6 Å². The van der Waals surface area contributed by atoms with Crippen molar-refractivity contribution < 1.29 is 13.9 Å². The fraction of sp³-hybridized carbons (Fsp3) is 0. The highest BCUT2D eigenvalue weighted by Crippen LogP contribution is 2.25. The minimum atomic E-state index is -0.737. The summed E-state index contributed by atoms with van der Waals surface area (Å²) in [5.74, 6) is -1.32. The minimum absolute atomic E-state index is 0.0531. The fourth-order valence-corrected chi connectivity index (χ4v) is 2.17. The van der Waals surface area contributed by atoms with Crippen molar-refractivity contribution in [1.82, 2.24) is 0 Å². The van der Waals surface area contributed by atoms with Crippen LogP contribution in [0.3, 0.4) is 0 Å². The molecule has 0 aromatic heterocycles. The van der Waals surface area contributed by atoms with Gasteiger partial charge in [-0.3, -0.25) is 5.43 Å². The van der Waals surface area contributed by atoms with Crippen LogP contribution < -0.4 is 5.43 Å². The summed E-state index contributed by atoms with van der Waals surface area (Å²) >= 11 is 0. The minimum Gasteiger partial charge on any atom is -0.507 e. The number of benzene rings is 3. The van der Waals surface area contributed by atoms with Gasteiger partial charge in [0.05, 0.1) is 11.9 Å². The zero-order chi connectivity index (χ0) is 15.5. The number of nitrogens with zero attached hydrogens (tertiary/aromatic N) is 1. The molecule has 3 aromatic carbocycles. The number of rotatable bonds is 3. The number of phenolic OH excluding ortho intramolecular Hbond substituents is 1. The molecule has 0 saturated heterocycles. The third-order valence-corrected chi connectivity index (χ3v) is 3.26. The lowest BCUT2D eigenvalue weighted by Crippen LogP contribution is -1.95. The first kappa shape index (κ1) is 14.0. The van der Waals surface area contributed by atoms with Crippen LogP contribution in [0.2, 0.25) is 0 Å². The van der Waals surface area contributed by atoms with Crippen molar-refractivity contribution in [3.8, 4) is 5.75 Å². The SMILES string of the molecule is Oc1ccc2ccccc2c1C=NNc1ccc(F)cc1F. The second-order valence-electron chi connectivity index (χ2n) is 4.71. The Hall–Kier alpha value is -2.95. The predicted molar refractivity (Wildman–Crippen MR) is 83.2 cm³/mol. The van der Waals surface area contributed by atoms with Gasteiger partial charge in [-0.1, -0.05) is 30.3 Å². The van der Waals surface area contributed by atoms with Crippen LogP contribution in [-0.2, 0) is 0 Å². The molecule has 0 atom stereocenters. The molecule has 0 aliphatic rings. The van der Waals surface area contributed by atoms with E-state index in [0.29, 0.717) is 5.56 Å². The first-order valence-electron chi connectivity index (χ1n) is 6.60. The molecular formula is C17H12F2N2O. The van der Waals surface area contributed by atoms with Crippen molar-refractivity contribution in [2.45, 2.75) is 0 Å². The summed E-state index contributed by atoms with van der Waals surface area (Å²) in [4.78, 5) is 0. The topological polar surface area (TPSA) is 44.6 Å². The molecule has 0 bridgehead atoms. The third kappa shape index (κ3) is 2.74. The predicted octanol–water partition coefficient (Wildman–Crippen LogP) is 4.27. The molecular weight excluding hydrogens is 286 g/mol. The van der Waals surface area contributed by atoms with Gasteiger partial charge in [-0.05, 0) is 29.0 Å². The second-order valence-corrected chi connectivity index (χ2v) is 4.71. The van der Waals surface area contributed by atoms with Gasteiger partial charge < -0.3 is 5.11 Å². The van der Waals surface area contributed by atoms with Crippen LogP contribution in [0.1, 0.15) is 5.56 Å². The van der Waals surface area contributed by atoms with Crippen LogP contribution in [0.25, 0.3) is 10.8 Å². The van der Waals surface area contributed by atoms with Crippen molar-refractivity contribution in [2.75, 3.05) is 5.43 Å². The van der Waals surface area contributed by atoms with Gasteiger partial charge in [0.25, 0.3) is 0 Å². The van der Waals surface area contributed by atoms with Crippen LogP contribution in [0.4, 0.5) is 14.5 Å². The van der Waals surface area contributed by atoms with Gasteiger partial charge in [-0.15, -0.1) is 0 Å². The molecule has 3 rings (SSSR count). The van der Waals surface area contributed by atoms with Crippen molar-refractivity contribution in [3.05, 3.63) is 71.8 Å². The lowest BCUT2D eigenvalue weighted by molar-refractivity contribution is 0.475. The highest BCUT2D eigenvalue weighted by Gasteiger charge is 2.05. The molecule has 3 aromatic rings. The van der Waals surface area contributed by atoms with E-state index in [9.17, 15) is 13.9 Å². The number of fused-ring (bicyclic) bond motifs is 1. The summed E-state index contributed by atoms with van der Waals surface area (Å²) in [6.45, 7) is 0. The average molecular weight is 298 g/mol. The van der Waals surface area contributed by atoms with Crippen molar-refractivity contribution in [2.24, 2.45) is 5.10 Å². The van der Waals surface area contributed by atoms with Gasteiger partial charge in [-0.2, -0.15) is 5.10 Å². The van der Waals surface area contributed by atoms with E-state index < -0.39 is 11.6 Å². The maximum Gasteiger partial charge on any atom is 0.151 e. The second kappa shape index (κ2) is 5.81. The van der Waals surface area contributed by atoms with E-state index in [2.05, 4.69) is 10.5 Å². The summed E-state index contributed by atoms with van der Waals surface area (Å²) in [5, 5.41) is 15.6. The highest BCUT2D eigenvalue weighted by atomic mass is 19.1. The van der Waals surface area contributed by atoms with Crippen molar-refractivity contribution in [1.29, 1.82) is 0 Å². The molecule has 0 aliphatic heterocycles. The van der Waals surface area contributed by atoms with Gasteiger partial charge in [0, 0.05) is 11.6 Å². The summed E-state index contributed by atoms with van der Waals surface area (Å²) in [6, 6.07) is 14.1. The summed E-state index contributed by atoms with van der Waals surface area (Å²) < 4.78 is 26.3. The number of hydrogen-bond acceptors (Lipinski definition) is 3. The first-order valence-corrected chi connectivity index (χ1v) is 6.60. The maximum atomic E-state index is 13.5. The van der Waals surface area contributed by atoms with Crippen LogP contribution in [0.15, 0.2) is 59.7 Å². The number of hydrazone groups is 1. The van der Waals surface area contributed by atoms with Crippen molar-refractivity contribution in [3.63, 3.8) is 0 Å². The van der Waals surface area contributed by atoms with Crippen LogP contribution in [-0.4, -0.2) is 11.3 Å². The monoisotopic (exact) mass is 298 g/mol. The Labute approximate surface area is 125 Å². The quantitative estimate of drug-likeness (QED) is 0.560. The highest BCUT2D eigenvalue weighted by molar-refractivity contribution is 6.02. The zero-order valence-corrected chi connectivity index (χ0v) is 11.4. The lowest BCUT2D eigenvalue weighted by atomic mass is 10.0. The van der Waals surface area contributed by atoms with E-state index in [1.54, 1.807) is 12.1 Å². The van der Waals surface area contributed by atoms with Gasteiger partial charge in [0.1, 0.15) is 11.6 Å². The summed E-state index contributed by atoms with van der Waals surface area (Å²) in [6.07, 6.45) is 1.40. The maximum absolute atomic E-state index is 13.5. The van der Waals surface area contributed by atoms with Crippen molar-refractivity contribution >= 4 is 22.7 Å². The van der Waals surface area contributed by atoms with E-state index in [0.717, 1.165) is 22.9 Å². The molecule has 2 N–H and O–H groups in total. The third-order valence-electron chi connectivity index (χ3n) is 3.26. The van der Waals surface area contributed by atoms with Gasteiger partial charge in [-0.25, -0.2) is 8.78 Å². The Kier molecular flexibility index (Phi) is 3.70. The Balaban J connectivity index is 1.91. The molecule has 0 spiro atoms. The Bertz CT molecular complexity index is 862. The summed E-state index contributed by atoms with van der Waals surface area (Å²) in [7, 11) is 0. The molecule has 0 amide bonds. The molecule has 0 heterocycles. The Morgan fingerprint density at radius 2 is 1.82 bits per heavy atom. The number of anilines is 1.